The predicted molar refractivity (Wildman–Crippen MR) is 139 cm³/mol. The number of hydroxylamine groups is 1. The van der Waals surface area contributed by atoms with Crippen LogP contribution >= 0.6 is 11.6 Å². The zero-order valence-corrected chi connectivity index (χ0v) is 22.0. The maximum absolute atomic E-state index is 13.9. The van der Waals surface area contributed by atoms with Crippen molar-refractivity contribution < 1.29 is 27.9 Å². The number of fused-ring (bicyclic) bond motifs is 1. The summed E-state index contributed by atoms with van der Waals surface area (Å²) < 4.78 is 46.3. The molecule has 204 valence electrons. The third-order valence-corrected chi connectivity index (χ3v) is 7.95. The molecule has 2 N–H and O–H groups in total. The van der Waals surface area contributed by atoms with Crippen LogP contribution < -0.4 is 10.2 Å². The molecule has 6 nitrogen and oxygen atoms in total. The van der Waals surface area contributed by atoms with Gasteiger partial charge in [-0.05, 0) is 88.3 Å². The summed E-state index contributed by atoms with van der Waals surface area (Å²) in [6, 6.07) is 7.01. The minimum atomic E-state index is -0.933. The molecule has 1 saturated heterocycles. The van der Waals surface area contributed by atoms with E-state index in [0.29, 0.717) is 81.1 Å². The van der Waals surface area contributed by atoms with Gasteiger partial charge in [0.05, 0.1) is 23.1 Å². The first-order valence-electron chi connectivity index (χ1n) is 12.7. The largest absolute Gasteiger partial charge is 0.497 e. The first kappa shape index (κ1) is 28.1. The number of hydrogen-bond acceptors (Lipinski definition) is 5. The number of nitrogens with zero attached hydrogens (tertiary/aromatic N) is 2. The molecule has 2 aromatic carbocycles. The third-order valence-electron chi connectivity index (χ3n) is 7.62. The Balaban J connectivity index is 1.36. The Bertz CT molecular complexity index is 1280. The van der Waals surface area contributed by atoms with E-state index in [1.807, 2.05) is 23.7 Å². The Morgan fingerprint density at radius 1 is 1.11 bits per heavy atom. The summed E-state index contributed by atoms with van der Waals surface area (Å²) in [4.78, 5) is 19.3. The molecule has 1 aliphatic rings. The molecule has 1 aliphatic heterocycles. The van der Waals surface area contributed by atoms with E-state index in [-0.39, 0.29) is 12.0 Å². The van der Waals surface area contributed by atoms with Gasteiger partial charge in [-0.1, -0.05) is 11.6 Å². The highest BCUT2D eigenvalue weighted by atomic mass is 35.5. The lowest BCUT2D eigenvalue weighted by molar-refractivity contribution is -0.143. The number of likely N-dealkylation sites (tertiary alicyclic amines) is 1. The van der Waals surface area contributed by atoms with E-state index in [4.69, 9.17) is 16.3 Å². The Kier molecular flexibility index (Phi) is 9.12. The zero-order valence-electron chi connectivity index (χ0n) is 21.2. The lowest BCUT2D eigenvalue weighted by Crippen LogP contribution is -2.48. The molecule has 0 atom stereocenters. The number of methoxy groups -OCH3 is 1. The monoisotopic (exact) mass is 549 g/mol. The molecule has 1 amide bonds. The van der Waals surface area contributed by atoms with Crippen molar-refractivity contribution in [3.05, 3.63) is 70.1 Å². The molecule has 0 spiro atoms. The first-order valence-corrected chi connectivity index (χ1v) is 13.1. The zero-order chi connectivity index (χ0) is 27.3. The maximum atomic E-state index is 13.9. The van der Waals surface area contributed by atoms with Crippen LogP contribution in [0, 0.1) is 22.9 Å². The summed E-state index contributed by atoms with van der Waals surface area (Å²) in [6.07, 6.45) is 5.22. The second-order valence-corrected chi connectivity index (χ2v) is 10.2. The van der Waals surface area contributed by atoms with Crippen molar-refractivity contribution >= 4 is 28.4 Å². The Morgan fingerprint density at radius 3 is 2.45 bits per heavy atom. The molecule has 38 heavy (non-hydrogen) atoms. The third kappa shape index (κ3) is 6.22. The van der Waals surface area contributed by atoms with Crippen molar-refractivity contribution in [3.63, 3.8) is 0 Å². The Hall–Kier alpha value is -2.88. The fourth-order valence-corrected chi connectivity index (χ4v) is 5.64. The predicted octanol–water partition coefficient (Wildman–Crippen LogP) is 5.86. The number of carbonyl (C=O) groups excluding carboxylic acids is 1. The second-order valence-electron chi connectivity index (χ2n) is 9.84. The molecule has 0 radical (unpaired) electrons. The van der Waals surface area contributed by atoms with Crippen molar-refractivity contribution in [2.45, 2.75) is 44.9 Å². The molecule has 3 aromatic rings. The highest BCUT2D eigenvalue weighted by Crippen LogP contribution is 2.38. The van der Waals surface area contributed by atoms with E-state index in [9.17, 15) is 23.2 Å². The van der Waals surface area contributed by atoms with Crippen LogP contribution in [0.3, 0.4) is 0 Å². The van der Waals surface area contributed by atoms with Gasteiger partial charge >= 0.3 is 0 Å². The first-order chi connectivity index (χ1) is 18.3. The summed E-state index contributed by atoms with van der Waals surface area (Å²) >= 11 is 6.49. The molecule has 1 aromatic heterocycles. The number of halogens is 4. The lowest BCUT2D eigenvalue weighted by Gasteiger charge is -2.40. The van der Waals surface area contributed by atoms with Crippen LogP contribution in [0.25, 0.3) is 10.9 Å². The summed E-state index contributed by atoms with van der Waals surface area (Å²) in [7, 11) is 1.60. The molecule has 2 heterocycles. The van der Waals surface area contributed by atoms with Gasteiger partial charge < -0.3 is 9.64 Å². The van der Waals surface area contributed by atoms with Gasteiger partial charge in [0.15, 0.2) is 0 Å². The van der Waals surface area contributed by atoms with Crippen LogP contribution in [0.1, 0.15) is 43.2 Å². The van der Waals surface area contributed by atoms with Gasteiger partial charge in [-0.3, -0.25) is 15.0 Å². The van der Waals surface area contributed by atoms with E-state index in [1.54, 1.807) is 13.3 Å². The smallest absolute Gasteiger partial charge is 0.249 e. The molecule has 0 bridgehead atoms. The topological polar surface area (TPSA) is 74.7 Å². The van der Waals surface area contributed by atoms with Gasteiger partial charge in [0.25, 0.3) is 0 Å². The summed E-state index contributed by atoms with van der Waals surface area (Å²) in [5, 5.41) is 10.9. The van der Waals surface area contributed by atoms with Crippen LogP contribution in [0.5, 0.6) is 5.75 Å². The number of amides is 1. The van der Waals surface area contributed by atoms with Gasteiger partial charge in [-0.15, -0.1) is 0 Å². The number of aryl methyl sites for hydroxylation is 1. The number of hydrogen-bond donors (Lipinski definition) is 2. The SMILES string of the molecule is COc1ccc2ncc(Cl)c(CCCC3(C(=O)NO)CCN(CCCc4c(F)cc(F)cc4F)CC3)c2c1. The minimum Gasteiger partial charge on any atom is -0.497 e. The molecule has 0 aliphatic carbocycles. The summed E-state index contributed by atoms with van der Waals surface area (Å²) in [6.45, 7) is 1.81. The normalized spacial score (nSPS) is 15.5. The lowest BCUT2D eigenvalue weighted by atomic mass is 9.73. The van der Waals surface area contributed by atoms with Crippen LogP contribution in [0.4, 0.5) is 13.2 Å². The van der Waals surface area contributed by atoms with Crippen LogP contribution in [-0.2, 0) is 17.6 Å². The highest BCUT2D eigenvalue weighted by molar-refractivity contribution is 6.32. The van der Waals surface area contributed by atoms with Crippen molar-refractivity contribution in [2.24, 2.45) is 5.41 Å². The molecule has 0 unspecified atom stereocenters. The molecule has 1 fully saturated rings. The molecule has 0 saturated carbocycles. The fourth-order valence-electron chi connectivity index (χ4n) is 5.39. The number of piperidine rings is 1. The number of aromatic nitrogens is 1. The molecular weight excluding hydrogens is 519 g/mol. The van der Waals surface area contributed by atoms with Gasteiger partial charge in [-0.2, -0.15) is 0 Å². The number of rotatable bonds is 10. The maximum Gasteiger partial charge on any atom is 0.249 e. The van der Waals surface area contributed by atoms with E-state index in [0.717, 1.165) is 16.5 Å². The minimum absolute atomic E-state index is 0.114. The second kappa shape index (κ2) is 12.3. The number of carbonyl (C=O) groups is 1. The van der Waals surface area contributed by atoms with E-state index < -0.39 is 28.8 Å². The Labute approximate surface area is 224 Å². The molecular formula is C28H31ClF3N3O3. The summed E-state index contributed by atoms with van der Waals surface area (Å²) in [5.41, 5.74) is 2.76. The van der Waals surface area contributed by atoms with Crippen LogP contribution in [0.2, 0.25) is 5.02 Å². The van der Waals surface area contributed by atoms with Crippen molar-refractivity contribution in [3.8, 4) is 5.75 Å². The highest BCUT2D eigenvalue weighted by Gasteiger charge is 2.40. The number of ether oxygens (including phenoxy) is 1. The number of nitrogens with one attached hydrogen (secondary N) is 1. The number of pyridine rings is 1. The van der Waals surface area contributed by atoms with Crippen LogP contribution in [-0.4, -0.2) is 47.7 Å². The van der Waals surface area contributed by atoms with E-state index in [2.05, 4.69) is 9.88 Å². The van der Waals surface area contributed by atoms with Gasteiger partial charge in [-0.25, -0.2) is 18.7 Å². The van der Waals surface area contributed by atoms with E-state index >= 15 is 0 Å². The van der Waals surface area contributed by atoms with Crippen molar-refractivity contribution in [1.82, 2.24) is 15.4 Å². The van der Waals surface area contributed by atoms with Gasteiger partial charge in [0.2, 0.25) is 5.91 Å². The quantitative estimate of drug-likeness (QED) is 0.245. The van der Waals surface area contributed by atoms with Gasteiger partial charge in [0.1, 0.15) is 23.2 Å². The molecule has 4 rings (SSSR count). The van der Waals surface area contributed by atoms with Crippen LogP contribution in [0.15, 0.2) is 36.5 Å². The average molecular weight is 550 g/mol. The Morgan fingerprint density at radius 2 is 1.79 bits per heavy atom. The molecule has 10 heteroatoms. The van der Waals surface area contributed by atoms with E-state index in [1.165, 1.54) is 0 Å². The van der Waals surface area contributed by atoms with Crippen molar-refractivity contribution in [2.75, 3.05) is 26.7 Å². The van der Waals surface area contributed by atoms with Crippen molar-refractivity contribution in [1.29, 1.82) is 0 Å². The fraction of sp³-hybridized carbons (Fsp3) is 0.429. The number of benzene rings is 2. The summed E-state index contributed by atoms with van der Waals surface area (Å²) in [5.74, 6) is -2.38. The average Bonchev–Trinajstić information content (AvgIpc) is 2.91. The standard InChI is InChI=1S/C28H31ClF3N3O3/c1-38-19-6-7-26-22(16-19)20(23(29)17-33-26)4-2-8-28(27(36)34-37)9-12-35(13-10-28)11-3-5-21-24(31)14-18(30)15-25(21)32/h6-7,14-17,37H,2-5,8-13H2,1H3,(H,34,36). The van der Waals surface area contributed by atoms with Gasteiger partial charge in [0, 0.05) is 29.3 Å².